The first-order valence-corrected chi connectivity index (χ1v) is 6.55. The molecular weight excluding hydrogens is 270 g/mol. The van der Waals surface area contributed by atoms with E-state index in [0.29, 0.717) is 29.3 Å². The first-order chi connectivity index (χ1) is 8.61. The van der Waals surface area contributed by atoms with Crippen LogP contribution in [0.2, 0.25) is 5.02 Å². The summed E-state index contributed by atoms with van der Waals surface area (Å²) in [6, 6.07) is 5.54. The third-order valence-electron chi connectivity index (χ3n) is 2.67. The fourth-order valence-corrected chi connectivity index (χ4v) is 2.31. The van der Waals surface area contributed by atoms with Crippen molar-refractivity contribution in [3.63, 3.8) is 0 Å². The Hall–Kier alpha value is -1.33. The Balaban J connectivity index is 2.27. The minimum atomic E-state index is 0.0239. The third-order valence-corrected chi connectivity index (χ3v) is 3.23. The Morgan fingerprint density at radius 3 is 3.06 bits per heavy atom. The van der Waals surface area contributed by atoms with Crippen LogP contribution in [0.1, 0.15) is 13.3 Å². The van der Waals surface area contributed by atoms with E-state index in [1.807, 2.05) is 29.7 Å². The maximum atomic E-state index is 11.5. The van der Waals surface area contributed by atoms with Gasteiger partial charge in [-0.2, -0.15) is 0 Å². The summed E-state index contributed by atoms with van der Waals surface area (Å²) in [5.41, 5.74) is 1.86. The number of fused-ring (bicyclic) bond motifs is 1. The third kappa shape index (κ3) is 2.73. The zero-order chi connectivity index (χ0) is 13.1. The Kier molecular flexibility index (Phi) is 4.04. The van der Waals surface area contributed by atoms with Crippen LogP contribution in [0.3, 0.4) is 0 Å². The molecule has 2 aromatic rings. The van der Waals surface area contributed by atoms with Gasteiger partial charge >= 0.3 is 0 Å². The van der Waals surface area contributed by atoms with Gasteiger partial charge in [-0.3, -0.25) is 4.79 Å². The number of halogens is 1. The lowest BCUT2D eigenvalue weighted by Gasteiger charge is -2.05. The minimum absolute atomic E-state index is 0.0239. The Morgan fingerprint density at radius 2 is 2.33 bits per heavy atom. The molecule has 2 N–H and O–H groups in total. The van der Waals surface area contributed by atoms with Gasteiger partial charge in [-0.25, -0.2) is 0 Å². The van der Waals surface area contributed by atoms with Gasteiger partial charge in [0.2, 0.25) is 5.91 Å². The molecule has 18 heavy (non-hydrogen) atoms. The van der Waals surface area contributed by atoms with Gasteiger partial charge < -0.3 is 14.9 Å². The van der Waals surface area contributed by atoms with Gasteiger partial charge in [-0.1, -0.05) is 11.6 Å². The van der Waals surface area contributed by atoms with Crippen molar-refractivity contribution in [1.82, 2.24) is 14.9 Å². The first-order valence-electron chi connectivity index (χ1n) is 5.76. The van der Waals surface area contributed by atoms with Crippen molar-refractivity contribution < 1.29 is 4.79 Å². The summed E-state index contributed by atoms with van der Waals surface area (Å²) >= 11 is 11.2. The fourth-order valence-electron chi connectivity index (χ4n) is 1.85. The van der Waals surface area contributed by atoms with Crippen molar-refractivity contribution in [2.75, 3.05) is 6.54 Å². The number of amides is 1. The van der Waals surface area contributed by atoms with Crippen molar-refractivity contribution in [2.45, 2.75) is 19.9 Å². The standard InChI is InChI=1S/C12H14ClN3OS/c1-2-14-11(17)5-6-16-10-7-8(13)3-4-9(10)15-12(16)18/h3-4,7H,2,5-6H2,1H3,(H,14,17)(H,15,18). The molecule has 4 nitrogen and oxygen atoms in total. The van der Waals surface area contributed by atoms with Crippen LogP contribution in [-0.4, -0.2) is 22.0 Å². The van der Waals surface area contributed by atoms with Crippen LogP contribution in [0.15, 0.2) is 18.2 Å². The van der Waals surface area contributed by atoms with Crippen molar-refractivity contribution in [3.05, 3.63) is 28.0 Å². The van der Waals surface area contributed by atoms with Gasteiger partial charge in [0.05, 0.1) is 11.0 Å². The molecule has 0 aliphatic carbocycles. The Bertz CT molecular complexity index is 632. The summed E-state index contributed by atoms with van der Waals surface area (Å²) in [6.07, 6.45) is 0.404. The number of aromatic amines is 1. The summed E-state index contributed by atoms with van der Waals surface area (Å²) in [4.78, 5) is 14.6. The lowest BCUT2D eigenvalue weighted by Crippen LogP contribution is -2.23. The molecular formula is C12H14ClN3OS. The smallest absolute Gasteiger partial charge is 0.221 e. The monoisotopic (exact) mass is 283 g/mol. The highest BCUT2D eigenvalue weighted by Gasteiger charge is 2.07. The van der Waals surface area contributed by atoms with Crippen molar-refractivity contribution in [2.24, 2.45) is 0 Å². The highest BCUT2D eigenvalue weighted by atomic mass is 35.5. The molecule has 0 saturated carbocycles. The van der Waals surface area contributed by atoms with Crippen LogP contribution < -0.4 is 5.32 Å². The van der Waals surface area contributed by atoms with Gasteiger partial charge in [-0.05, 0) is 37.3 Å². The minimum Gasteiger partial charge on any atom is -0.356 e. The lowest BCUT2D eigenvalue weighted by atomic mass is 10.3. The molecule has 1 aromatic heterocycles. The number of carbonyl (C=O) groups excluding carboxylic acids is 1. The van der Waals surface area contributed by atoms with Gasteiger partial charge in [0, 0.05) is 24.5 Å². The van der Waals surface area contributed by atoms with Crippen molar-refractivity contribution in [1.29, 1.82) is 0 Å². The van der Waals surface area contributed by atoms with Crippen molar-refractivity contribution in [3.8, 4) is 0 Å². The lowest BCUT2D eigenvalue weighted by molar-refractivity contribution is -0.121. The molecule has 0 aliphatic heterocycles. The highest BCUT2D eigenvalue weighted by Crippen LogP contribution is 2.19. The molecule has 0 bridgehead atoms. The van der Waals surface area contributed by atoms with Crippen LogP contribution in [-0.2, 0) is 11.3 Å². The normalized spacial score (nSPS) is 10.8. The second kappa shape index (κ2) is 5.54. The van der Waals surface area contributed by atoms with E-state index in [4.69, 9.17) is 23.8 Å². The molecule has 0 atom stereocenters. The number of rotatable bonds is 4. The molecule has 0 aliphatic rings. The number of hydrogen-bond donors (Lipinski definition) is 2. The molecule has 0 saturated heterocycles. The molecule has 2 rings (SSSR count). The van der Waals surface area contributed by atoms with Crippen LogP contribution in [0.5, 0.6) is 0 Å². The van der Waals surface area contributed by atoms with E-state index in [-0.39, 0.29) is 5.91 Å². The van der Waals surface area contributed by atoms with Crippen LogP contribution in [0.25, 0.3) is 11.0 Å². The number of benzene rings is 1. The number of nitrogens with zero attached hydrogens (tertiary/aromatic N) is 1. The average Bonchev–Trinajstić information content (AvgIpc) is 2.62. The van der Waals surface area contributed by atoms with Gasteiger partial charge in [0.25, 0.3) is 0 Å². The van der Waals surface area contributed by atoms with E-state index >= 15 is 0 Å². The average molecular weight is 284 g/mol. The number of nitrogens with one attached hydrogen (secondary N) is 2. The predicted octanol–water partition coefficient (Wildman–Crippen LogP) is 2.88. The molecule has 1 amide bonds. The number of hydrogen-bond acceptors (Lipinski definition) is 2. The quantitative estimate of drug-likeness (QED) is 0.848. The zero-order valence-corrected chi connectivity index (χ0v) is 11.6. The summed E-state index contributed by atoms with van der Waals surface area (Å²) in [5, 5.41) is 3.42. The van der Waals surface area contributed by atoms with Gasteiger partial charge in [0.1, 0.15) is 0 Å². The topological polar surface area (TPSA) is 49.8 Å². The number of imidazole rings is 1. The molecule has 0 spiro atoms. The van der Waals surface area contributed by atoms with E-state index in [1.54, 1.807) is 0 Å². The summed E-state index contributed by atoms with van der Waals surface area (Å²) in [5.74, 6) is 0.0239. The Labute approximate surface area is 115 Å². The summed E-state index contributed by atoms with van der Waals surface area (Å²) < 4.78 is 2.50. The molecule has 0 radical (unpaired) electrons. The molecule has 0 fully saturated rings. The van der Waals surface area contributed by atoms with Gasteiger partial charge in [0.15, 0.2) is 4.77 Å². The fraction of sp³-hybridized carbons (Fsp3) is 0.333. The van der Waals surface area contributed by atoms with Gasteiger partial charge in [-0.15, -0.1) is 0 Å². The zero-order valence-electron chi connectivity index (χ0n) is 10.00. The van der Waals surface area contributed by atoms with E-state index in [2.05, 4.69) is 10.3 Å². The van der Waals surface area contributed by atoms with Crippen molar-refractivity contribution >= 4 is 40.8 Å². The largest absolute Gasteiger partial charge is 0.356 e. The maximum absolute atomic E-state index is 11.5. The van der Waals surface area contributed by atoms with E-state index < -0.39 is 0 Å². The number of carbonyl (C=O) groups is 1. The highest BCUT2D eigenvalue weighted by molar-refractivity contribution is 7.71. The van der Waals surface area contributed by atoms with E-state index in [9.17, 15) is 4.79 Å². The van der Waals surface area contributed by atoms with Crippen LogP contribution in [0, 0.1) is 4.77 Å². The number of aryl methyl sites for hydroxylation is 1. The molecule has 96 valence electrons. The Morgan fingerprint density at radius 1 is 1.56 bits per heavy atom. The van der Waals surface area contributed by atoms with Crippen LogP contribution >= 0.6 is 23.8 Å². The molecule has 1 heterocycles. The van der Waals surface area contributed by atoms with E-state index in [0.717, 1.165) is 11.0 Å². The van der Waals surface area contributed by atoms with Crippen LogP contribution in [0.4, 0.5) is 0 Å². The predicted molar refractivity (Wildman–Crippen MR) is 75.4 cm³/mol. The molecule has 6 heteroatoms. The first kappa shape index (κ1) is 13.1. The second-order valence-electron chi connectivity index (χ2n) is 3.95. The number of H-pyrrole nitrogens is 1. The SMILES string of the molecule is CCNC(=O)CCn1c(=S)[nH]c2ccc(Cl)cc21. The molecule has 0 unspecified atom stereocenters. The number of aromatic nitrogens is 2. The summed E-state index contributed by atoms with van der Waals surface area (Å²) in [7, 11) is 0. The maximum Gasteiger partial charge on any atom is 0.221 e. The second-order valence-corrected chi connectivity index (χ2v) is 4.77. The van der Waals surface area contributed by atoms with E-state index in [1.165, 1.54) is 0 Å². The molecule has 1 aromatic carbocycles. The summed E-state index contributed by atoms with van der Waals surface area (Å²) in [6.45, 7) is 3.09.